The molecule has 0 saturated heterocycles. The molecule has 1 atom stereocenters. The minimum atomic E-state index is -0.966. The fourth-order valence-electron chi connectivity index (χ4n) is 0.654. The van der Waals surface area contributed by atoms with Crippen LogP contribution in [0.3, 0.4) is 0 Å². The lowest BCUT2D eigenvalue weighted by atomic mass is 10.2. The monoisotopic (exact) mass is 153 g/mol. The summed E-state index contributed by atoms with van der Waals surface area (Å²) in [5, 5.41) is 0. The second-order valence-electron chi connectivity index (χ2n) is 1.79. The minimum Gasteiger partial charge on any atom is -0.472 e. The van der Waals surface area contributed by atoms with Crippen LogP contribution >= 0.6 is 0 Å². The SMILES string of the molecule is O=[C]C(OC=O)c1ccoc1. The van der Waals surface area contributed by atoms with E-state index >= 15 is 0 Å². The van der Waals surface area contributed by atoms with E-state index in [0.29, 0.717) is 5.56 Å². The summed E-state index contributed by atoms with van der Waals surface area (Å²) >= 11 is 0. The first kappa shape index (κ1) is 7.53. The molecule has 4 nitrogen and oxygen atoms in total. The minimum absolute atomic E-state index is 0.197. The van der Waals surface area contributed by atoms with Crippen molar-refractivity contribution < 1.29 is 18.7 Å². The summed E-state index contributed by atoms with van der Waals surface area (Å²) < 4.78 is 9.04. The van der Waals surface area contributed by atoms with Crippen LogP contribution in [0.2, 0.25) is 0 Å². The predicted molar refractivity (Wildman–Crippen MR) is 34.3 cm³/mol. The first-order valence-electron chi connectivity index (χ1n) is 2.87. The number of furan rings is 1. The van der Waals surface area contributed by atoms with Crippen LogP contribution in [0.25, 0.3) is 0 Å². The summed E-state index contributed by atoms with van der Waals surface area (Å²) in [6, 6.07) is 1.53. The predicted octanol–water partition coefficient (Wildman–Crippen LogP) is 0.603. The van der Waals surface area contributed by atoms with Gasteiger partial charge in [-0.15, -0.1) is 0 Å². The third-order valence-electron chi connectivity index (χ3n) is 1.14. The molecular formula is C7H5O4. The van der Waals surface area contributed by atoms with Crippen molar-refractivity contribution in [3.8, 4) is 0 Å². The molecule has 0 aliphatic carbocycles. The van der Waals surface area contributed by atoms with E-state index in [4.69, 9.17) is 0 Å². The normalized spacial score (nSPS) is 12.0. The number of hydrogen-bond acceptors (Lipinski definition) is 4. The van der Waals surface area contributed by atoms with Crippen molar-refractivity contribution in [1.29, 1.82) is 0 Å². The van der Waals surface area contributed by atoms with Gasteiger partial charge in [0.25, 0.3) is 6.47 Å². The topological polar surface area (TPSA) is 56.5 Å². The van der Waals surface area contributed by atoms with E-state index in [-0.39, 0.29) is 6.47 Å². The fraction of sp³-hybridized carbons (Fsp3) is 0.143. The number of carbonyl (C=O) groups is 1. The zero-order chi connectivity index (χ0) is 8.10. The van der Waals surface area contributed by atoms with E-state index in [2.05, 4.69) is 9.15 Å². The van der Waals surface area contributed by atoms with Crippen LogP contribution in [0.4, 0.5) is 0 Å². The molecule has 0 aromatic carbocycles. The van der Waals surface area contributed by atoms with Crippen molar-refractivity contribution in [2.45, 2.75) is 6.10 Å². The molecule has 1 heterocycles. The second-order valence-corrected chi connectivity index (χ2v) is 1.79. The molecule has 4 heteroatoms. The van der Waals surface area contributed by atoms with Crippen LogP contribution in [-0.4, -0.2) is 12.8 Å². The van der Waals surface area contributed by atoms with E-state index in [0.717, 1.165) is 0 Å². The molecule has 1 rings (SSSR count). The molecule has 0 aliphatic rings. The lowest BCUT2D eigenvalue weighted by Gasteiger charge is -2.01. The Hall–Kier alpha value is -1.58. The van der Waals surface area contributed by atoms with Crippen molar-refractivity contribution in [1.82, 2.24) is 0 Å². The van der Waals surface area contributed by atoms with Gasteiger partial charge in [0, 0.05) is 5.56 Å². The molecule has 0 saturated carbocycles. The van der Waals surface area contributed by atoms with Gasteiger partial charge in [-0.3, -0.25) is 9.59 Å². The molecule has 0 N–H and O–H groups in total. The maximum absolute atomic E-state index is 10.1. The molecule has 0 fully saturated rings. The third-order valence-corrected chi connectivity index (χ3v) is 1.14. The van der Waals surface area contributed by atoms with E-state index in [9.17, 15) is 9.59 Å². The van der Waals surface area contributed by atoms with Gasteiger partial charge in [-0.25, -0.2) is 0 Å². The summed E-state index contributed by atoms with van der Waals surface area (Å²) in [5.41, 5.74) is 0.479. The summed E-state index contributed by atoms with van der Waals surface area (Å²) in [6.07, 6.45) is 3.28. The van der Waals surface area contributed by atoms with E-state index in [1.807, 2.05) is 0 Å². The van der Waals surface area contributed by atoms with E-state index in [1.54, 1.807) is 6.29 Å². The first-order valence-corrected chi connectivity index (χ1v) is 2.87. The number of rotatable bonds is 4. The molecule has 1 unspecified atom stereocenters. The Balaban J connectivity index is 2.70. The largest absolute Gasteiger partial charge is 0.472 e. The number of hydrogen-bond donors (Lipinski definition) is 0. The molecule has 0 bridgehead atoms. The van der Waals surface area contributed by atoms with Crippen molar-refractivity contribution in [3.05, 3.63) is 24.2 Å². The van der Waals surface area contributed by atoms with Crippen LogP contribution in [0.5, 0.6) is 0 Å². The Bertz CT molecular complexity index is 227. The Morgan fingerprint density at radius 3 is 3.00 bits per heavy atom. The average Bonchev–Trinajstić information content (AvgIpc) is 2.52. The Morgan fingerprint density at radius 1 is 1.73 bits per heavy atom. The highest BCUT2D eigenvalue weighted by Gasteiger charge is 2.12. The van der Waals surface area contributed by atoms with Gasteiger partial charge in [-0.05, 0) is 6.07 Å². The van der Waals surface area contributed by atoms with Crippen molar-refractivity contribution in [2.24, 2.45) is 0 Å². The zero-order valence-corrected chi connectivity index (χ0v) is 5.52. The molecule has 1 radical (unpaired) electrons. The fourth-order valence-corrected chi connectivity index (χ4v) is 0.654. The van der Waals surface area contributed by atoms with Gasteiger partial charge in [0.15, 0.2) is 6.10 Å². The highest BCUT2D eigenvalue weighted by Crippen LogP contribution is 2.13. The van der Waals surface area contributed by atoms with Crippen LogP contribution in [0.15, 0.2) is 23.0 Å². The van der Waals surface area contributed by atoms with Crippen LogP contribution in [0, 0.1) is 0 Å². The standard InChI is InChI=1S/C7H5O4/c8-3-7(11-5-9)6-1-2-10-4-6/h1-2,4-5,7H. The van der Waals surface area contributed by atoms with Gasteiger partial charge in [0.05, 0.1) is 12.5 Å². The number of carbonyl (C=O) groups excluding carboxylic acids is 2. The Kier molecular flexibility index (Phi) is 2.43. The third kappa shape index (κ3) is 1.67. The van der Waals surface area contributed by atoms with Crippen molar-refractivity contribution in [2.75, 3.05) is 0 Å². The zero-order valence-electron chi connectivity index (χ0n) is 5.52. The van der Waals surface area contributed by atoms with Gasteiger partial charge in [-0.2, -0.15) is 0 Å². The smallest absolute Gasteiger partial charge is 0.294 e. The van der Waals surface area contributed by atoms with Crippen LogP contribution in [-0.2, 0) is 14.3 Å². The van der Waals surface area contributed by atoms with Crippen molar-refractivity contribution in [3.63, 3.8) is 0 Å². The average molecular weight is 153 g/mol. The maximum Gasteiger partial charge on any atom is 0.294 e. The lowest BCUT2D eigenvalue weighted by molar-refractivity contribution is -0.131. The summed E-state index contributed by atoms with van der Waals surface area (Å²) in [5.74, 6) is 0. The first-order chi connectivity index (χ1) is 5.38. The van der Waals surface area contributed by atoms with Gasteiger partial charge in [0.2, 0.25) is 6.29 Å². The molecule has 11 heavy (non-hydrogen) atoms. The quantitative estimate of drug-likeness (QED) is 0.594. The highest BCUT2D eigenvalue weighted by molar-refractivity contribution is 5.62. The summed E-state index contributed by atoms with van der Waals surface area (Å²) in [4.78, 5) is 20.0. The molecule has 57 valence electrons. The van der Waals surface area contributed by atoms with Gasteiger partial charge >= 0.3 is 0 Å². The van der Waals surface area contributed by atoms with Crippen molar-refractivity contribution >= 4 is 12.8 Å². The van der Waals surface area contributed by atoms with E-state index in [1.165, 1.54) is 18.6 Å². The maximum atomic E-state index is 10.1. The van der Waals surface area contributed by atoms with Gasteiger partial charge < -0.3 is 9.15 Å². The van der Waals surface area contributed by atoms with Crippen LogP contribution < -0.4 is 0 Å². The molecule has 1 aromatic heterocycles. The highest BCUT2D eigenvalue weighted by atomic mass is 16.5. The van der Waals surface area contributed by atoms with E-state index < -0.39 is 6.10 Å². The molecule has 0 amide bonds. The Labute approximate surface area is 62.8 Å². The molecule has 0 spiro atoms. The molecule has 0 aliphatic heterocycles. The van der Waals surface area contributed by atoms with Crippen LogP contribution in [0.1, 0.15) is 11.7 Å². The summed E-state index contributed by atoms with van der Waals surface area (Å²) in [6.45, 7) is 0.197. The van der Waals surface area contributed by atoms with Gasteiger partial charge in [-0.1, -0.05) is 0 Å². The van der Waals surface area contributed by atoms with Gasteiger partial charge in [0.1, 0.15) is 0 Å². The number of ether oxygens (including phenoxy) is 1. The second kappa shape index (κ2) is 3.55. The molecule has 1 aromatic rings. The lowest BCUT2D eigenvalue weighted by Crippen LogP contribution is -2.02. The summed E-state index contributed by atoms with van der Waals surface area (Å²) in [7, 11) is 0. The molecular weight excluding hydrogens is 148 g/mol. The Morgan fingerprint density at radius 2 is 2.55 bits per heavy atom.